The maximum absolute atomic E-state index is 14.0. The normalized spacial score (nSPS) is 17.6. The Morgan fingerprint density at radius 2 is 1.69 bits per heavy atom. The average Bonchev–Trinajstić information content (AvgIpc) is 2.89. The Bertz CT molecular complexity index is 1000. The van der Waals surface area contributed by atoms with Crippen LogP contribution in [0.25, 0.3) is 0 Å². The number of fused-ring (bicyclic) bond motifs is 1. The second kappa shape index (κ2) is 10.5. The third-order valence-electron chi connectivity index (χ3n) is 6.57. The number of hydrogen-bond donors (Lipinski definition) is 0. The molecule has 0 unspecified atom stereocenters. The molecule has 0 fully saturated rings. The van der Waals surface area contributed by atoms with E-state index in [1.54, 1.807) is 36.3 Å². The zero-order chi connectivity index (χ0) is 23.4. The number of ether oxygens (including phenoxy) is 1. The molecular weight excluding hydrogens is 440 g/mol. The molecular formula is C25H36N2O3S2. The van der Waals surface area contributed by atoms with Crippen molar-refractivity contribution in [1.82, 2.24) is 4.31 Å². The lowest BCUT2D eigenvalue weighted by Gasteiger charge is -2.42. The van der Waals surface area contributed by atoms with E-state index in [9.17, 15) is 8.42 Å². The third kappa shape index (κ3) is 4.66. The summed E-state index contributed by atoms with van der Waals surface area (Å²) in [4.78, 5) is 3.45. The molecule has 1 aliphatic heterocycles. The van der Waals surface area contributed by atoms with Crippen LogP contribution in [0.5, 0.6) is 5.75 Å². The van der Waals surface area contributed by atoms with E-state index in [1.807, 2.05) is 30.5 Å². The molecule has 0 aliphatic carbocycles. The van der Waals surface area contributed by atoms with Crippen LogP contribution >= 0.6 is 11.8 Å². The van der Waals surface area contributed by atoms with Crippen molar-refractivity contribution in [3.05, 3.63) is 42.5 Å². The van der Waals surface area contributed by atoms with Crippen LogP contribution in [0.2, 0.25) is 0 Å². The fraction of sp³-hybridized carbons (Fsp3) is 0.520. The number of benzene rings is 2. The summed E-state index contributed by atoms with van der Waals surface area (Å²) < 4.78 is 35.3. The standard InChI is InChI=1S/C25H36N2O3S2/c1-6-8-15-25(16-9-7-2)19-27(20-13-11-10-12-14-20)21-17-23(31-5)22(30-4)18-24(21)32(28,29)26(25)3/h10-14,17-18H,6-9,15-16,19H2,1-5H3. The van der Waals surface area contributed by atoms with Crippen LogP contribution in [0.4, 0.5) is 11.4 Å². The summed E-state index contributed by atoms with van der Waals surface area (Å²) in [5, 5.41) is 0. The van der Waals surface area contributed by atoms with Gasteiger partial charge in [0.15, 0.2) is 0 Å². The van der Waals surface area contributed by atoms with Gasteiger partial charge >= 0.3 is 0 Å². The van der Waals surface area contributed by atoms with Crippen molar-refractivity contribution in [2.24, 2.45) is 0 Å². The van der Waals surface area contributed by atoms with E-state index in [1.165, 1.54) is 0 Å². The van der Waals surface area contributed by atoms with Gasteiger partial charge in [0.25, 0.3) is 0 Å². The quantitative estimate of drug-likeness (QED) is 0.397. The van der Waals surface area contributed by atoms with Gasteiger partial charge in [-0.1, -0.05) is 57.7 Å². The zero-order valence-electron chi connectivity index (χ0n) is 19.9. The zero-order valence-corrected chi connectivity index (χ0v) is 21.6. The Morgan fingerprint density at radius 1 is 1.06 bits per heavy atom. The third-order valence-corrected chi connectivity index (χ3v) is 9.32. The van der Waals surface area contributed by atoms with Crippen LogP contribution in [0.15, 0.2) is 52.3 Å². The lowest BCUT2D eigenvalue weighted by molar-refractivity contribution is 0.186. The molecule has 0 spiro atoms. The summed E-state index contributed by atoms with van der Waals surface area (Å²) in [5.74, 6) is 0.593. The number of thioether (sulfide) groups is 1. The topological polar surface area (TPSA) is 49.9 Å². The summed E-state index contributed by atoms with van der Waals surface area (Å²) in [6, 6.07) is 13.8. The number of anilines is 2. The molecule has 0 radical (unpaired) electrons. The Balaban J connectivity index is 2.31. The van der Waals surface area contributed by atoms with Crippen LogP contribution in [0, 0.1) is 0 Å². The first kappa shape index (κ1) is 24.9. The van der Waals surface area contributed by atoms with Gasteiger partial charge in [0.1, 0.15) is 10.6 Å². The van der Waals surface area contributed by atoms with Gasteiger partial charge in [-0.05, 0) is 37.3 Å². The van der Waals surface area contributed by atoms with E-state index in [-0.39, 0.29) is 0 Å². The van der Waals surface area contributed by atoms with E-state index in [0.717, 1.165) is 54.8 Å². The number of para-hydroxylation sites is 1. The highest BCUT2D eigenvalue weighted by Crippen LogP contribution is 2.46. The molecule has 3 rings (SSSR count). The first-order chi connectivity index (χ1) is 15.3. The molecule has 2 aromatic carbocycles. The van der Waals surface area contributed by atoms with Crippen molar-refractivity contribution in [2.45, 2.75) is 67.7 Å². The van der Waals surface area contributed by atoms with Crippen molar-refractivity contribution in [2.75, 3.05) is 31.9 Å². The fourth-order valence-corrected chi connectivity index (χ4v) is 6.90. The summed E-state index contributed by atoms with van der Waals surface area (Å²) in [6.07, 6.45) is 7.70. The molecule has 0 bridgehead atoms. The Morgan fingerprint density at radius 3 is 2.22 bits per heavy atom. The SMILES string of the molecule is CCCCC1(CCCC)CN(c2ccccc2)c2cc(SC)c(OC)cc2S(=O)(=O)N1C. The highest BCUT2D eigenvalue weighted by Gasteiger charge is 2.46. The van der Waals surface area contributed by atoms with Crippen LogP contribution < -0.4 is 9.64 Å². The number of likely N-dealkylation sites (N-methyl/N-ethyl adjacent to an activating group) is 1. The van der Waals surface area contributed by atoms with Gasteiger partial charge in [0.2, 0.25) is 10.0 Å². The van der Waals surface area contributed by atoms with Crippen LogP contribution in [0.3, 0.4) is 0 Å². The molecule has 0 aromatic heterocycles. The summed E-state index contributed by atoms with van der Waals surface area (Å²) in [5.41, 5.74) is 1.25. The second-order valence-corrected chi connectivity index (χ2v) is 11.3. The second-order valence-electron chi connectivity index (χ2n) is 8.50. The van der Waals surface area contributed by atoms with E-state index >= 15 is 0 Å². The minimum Gasteiger partial charge on any atom is -0.496 e. The van der Waals surface area contributed by atoms with Crippen molar-refractivity contribution in [1.29, 1.82) is 0 Å². The van der Waals surface area contributed by atoms with E-state index in [4.69, 9.17) is 4.74 Å². The Labute approximate surface area is 198 Å². The van der Waals surface area contributed by atoms with E-state index in [0.29, 0.717) is 17.2 Å². The lowest BCUT2D eigenvalue weighted by atomic mass is 9.86. The molecule has 0 saturated carbocycles. The molecule has 2 aromatic rings. The first-order valence-electron chi connectivity index (χ1n) is 11.4. The van der Waals surface area contributed by atoms with Gasteiger partial charge in [-0.25, -0.2) is 8.42 Å². The summed E-state index contributed by atoms with van der Waals surface area (Å²) in [7, 11) is -0.357. The van der Waals surface area contributed by atoms with Crippen LogP contribution in [-0.4, -0.2) is 45.2 Å². The van der Waals surface area contributed by atoms with Crippen LogP contribution in [0.1, 0.15) is 52.4 Å². The van der Waals surface area contributed by atoms with Crippen molar-refractivity contribution >= 4 is 33.2 Å². The van der Waals surface area contributed by atoms with Gasteiger partial charge in [0.05, 0.1) is 23.2 Å². The molecule has 32 heavy (non-hydrogen) atoms. The van der Waals surface area contributed by atoms with Crippen molar-refractivity contribution in [3.8, 4) is 5.75 Å². The fourth-order valence-electron chi connectivity index (χ4n) is 4.60. The van der Waals surface area contributed by atoms with Crippen LogP contribution in [-0.2, 0) is 10.0 Å². The molecule has 0 atom stereocenters. The molecule has 0 saturated heterocycles. The van der Waals surface area contributed by atoms with Gasteiger partial charge in [0, 0.05) is 25.3 Å². The maximum atomic E-state index is 14.0. The highest BCUT2D eigenvalue weighted by atomic mass is 32.2. The van der Waals surface area contributed by atoms with Gasteiger partial charge in [-0.2, -0.15) is 4.31 Å². The molecule has 1 aliphatic rings. The first-order valence-corrected chi connectivity index (χ1v) is 14.1. The van der Waals surface area contributed by atoms with E-state index in [2.05, 4.69) is 30.9 Å². The largest absolute Gasteiger partial charge is 0.496 e. The number of sulfonamides is 1. The van der Waals surface area contributed by atoms with Gasteiger partial charge in [-0.15, -0.1) is 11.8 Å². The number of nitrogens with zero attached hydrogens (tertiary/aromatic N) is 2. The molecule has 5 nitrogen and oxygen atoms in total. The number of hydrogen-bond acceptors (Lipinski definition) is 5. The smallest absolute Gasteiger partial charge is 0.245 e. The molecule has 7 heteroatoms. The van der Waals surface area contributed by atoms with Crippen molar-refractivity contribution in [3.63, 3.8) is 0 Å². The maximum Gasteiger partial charge on any atom is 0.245 e. The monoisotopic (exact) mass is 476 g/mol. The lowest BCUT2D eigenvalue weighted by Crippen LogP contribution is -2.53. The predicted molar refractivity (Wildman–Crippen MR) is 135 cm³/mol. The predicted octanol–water partition coefficient (Wildman–Crippen LogP) is 6.31. The highest BCUT2D eigenvalue weighted by molar-refractivity contribution is 7.98. The number of unbranched alkanes of at least 4 members (excludes halogenated alkanes) is 2. The summed E-state index contributed by atoms with van der Waals surface area (Å²) >= 11 is 1.57. The number of rotatable bonds is 9. The minimum absolute atomic E-state index is 0.313. The molecule has 176 valence electrons. The Hall–Kier alpha value is -1.70. The summed E-state index contributed by atoms with van der Waals surface area (Å²) in [6.45, 7) is 4.95. The van der Waals surface area contributed by atoms with Crippen molar-refractivity contribution < 1.29 is 13.2 Å². The van der Waals surface area contributed by atoms with Gasteiger partial charge in [-0.3, -0.25) is 0 Å². The molecule has 1 heterocycles. The Kier molecular flexibility index (Phi) is 8.17. The van der Waals surface area contributed by atoms with Gasteiger partial charge < -0.3 is 9.64 Å². The van der Waals surface area contributed by atoms with E-state index < -0.39 is 15.6 Å². The number of methoxy groups -OCH3 is 1. The molecule has 0 amide bonds. The average molecular weight is 477 g/mol. The molecule has 0 N–H and O–H groups in total. The minimum atomic E-state index is -3.72.